The second-order valence-corrected chi connectivity index (χ2v) is 9.63. The van der Waals surface area contributed by atoms with Crippen LogP contribution in [-0.2, 0) is 20.9 Å². The van der Waals surface area contributed by atoms with Crippen LogP contribution in [0.3, 0.4) is 0 Å². The van der Waals surface area contributed by atoms with Crippen molar-refractivity contribution < 1.29 is 33.4 Å². The van der Waals surface area contributed by atoms with Gasteiger partial charge in [0.1, 0.15) is 30.3 Å². The van der Waals surface area contributed by atoms with E-state index in [1.54, 1.807) is 47.3 Å². The highest BCUT2D eigenvalue weighted by Gasteiger charge is 2.33. The van der Waals surface area contributed by atoms with Gasteiger partial charge in [-0.3, -0.25) is 14.9 Å². The van der Waals surface area contributed by atoms with Crippen molar-refractivity contribution in [3.05, 3.63) is 90.5 Å². The van der Waals surface area contributed by atoms with Crippen molar-refractivity contribution in [1.29, 1.82) is 0 Å². The van der Waals surface area contributed by atoms with E-state index >= 15 is 4.39 Å². The van der Waals surface area contributed by atoms with E-state index in [9.17, 15) is 14.7 Å². The van der Waals surface area contributed by atoms with E-state index in [2.05, 4.69) is 25.4 Å². The van der Waals surface area contributed by atoms with Crippen molar-refractivity contribution in [2.75, 3.05) is 18.1 Å². The Hall–Kier alpha value is -5.24. The highest BCUT2D eigenvalue weighted by atomic mass is 19.1. The van der Waals surface area contributed by atoms with Crippen LogP contribution in [0, 0.1) is 5.82 Å². The minimum Gasteiger partial charge on any atom is -0.459 e. The molecule has 214 valence electrons. The first-order valence-electron chi connectivity index (χ1n) is 13.0. The number of rotatable bonds is 9. The second kappa shape index (κ2) is 11.7. The molecule has 1 unspecified atom stereocenters. The molecule has 1 aromatic carbocycles. The third kappa shape index (κ3) is 5.78. The number of ether oxygens (including phenoxy) is 2. The summed E-state index contributed by atoms with van der Waals surface area (Å²) in [5.74, 6) is -1.13. The Balaban J connectivity index is 1.05. The molecule has 2 aliphatic rings. The number of cyclic esters (lactones) is 1. The number of carbonyl (C=O) groups is 2. The lowest BCUT2D eigenvalue weighted by molar-refractivity contribution is -0.0482. The lowest BCUT2D eigenvalue weighted by Gasteiger charge is -2.16. The Morgan fingerprint density at radius 2 is 2.10 bits per heavy atom. The molecular weight excluding hydrogens is 549 g/mol. The van der Waals surface area contributed by atoms with E-state index in [1.165, 1.54) is 35.8 Å². The maximum Gasteiger partial charge on any atom is 0.414 e. The standard InChI is InChI=1S/C28H24FN7O6/c29-22-10-19(36-15-20(41-28(36)39)14-35-9-8-32-34-35)4-5-21(22)17-3-6-23(31-13-17)24-11-26(42-33-24)25(37)16-40-27(38)18-2-1-7-30-12-18/h1-10,12-13,20,25-26,37H,11,14-16H2/t20-,25?,26-/m0/s1. The zero-order chi connectivity index (χ0) is 29.1. The van der Waals surface area contributed by atoms with Crippen LogP contribution in [-0.4, -0.2) is 79.3 Å². The van der Waals surface area contributed by atoms with Crippen molar-refractivity contribution in [2.24, 2.45) is 5.16 Å². The molecule has 3 aromatic heterocycles. The van der Waals surface area contributed by atoms with Crippen molar-refractivity contribution in [3.63, 3.8) is 0 Å². The third-order valence-electron chi connectivity index (χ3n) is 6.78. The van der Waals surface area contributed by atoms with Gasteiger partial charge in [0.15, 0.2) is 6.10 Å². The van der Waals surface area contributed by atoms with Crippen LogP contribution in [0.1, 0.15) is 22.5 Å². The number of aliphatic hydroxyl groups is 1. The number of halogens is 1. The molecule has 0 aliphatic carbocycles. The number of hydrogen-bond donors (Lipinski definition) is 1. The normalized spacial score (nSPS) is 18.8. The summed E-state index contributed by atoms with van der Waals surface area (Å²) in [6, 6.07) is 11.0. The highest BCUT2D eigenvalue weighted by Crippen LogP contribution is 2.29. The van der Waals surface area contributed by atoms with E-state index in [0.29, 0.717) is 34.8 Å². The summed E-state index contributed by atoms with van der Waals surface area (Å²) in [6.07, 6.45) is 5.03. The molecule has 1 saturated heterocycles. The number of anilines is 1. The summed E-state index contributed by atoms with van der Waals surface area (Å²) in [5, 5.41) is 22.1. The van der Waals surface area contributed by atoms with Gasteiger partial charge in [-0.15, -0.1) is 5.10 Å². The fourth-order valence-electron chi connectivity index (χ4n) is 4.59. The first-order valence-corrected chi connectivity index (χ1v) is 13.0. The van der Waals surface area contributed by atoms with Crippen LogP contribution in [0.5, 0.6) is 0 Å². The Bertz CT molecular complexity index is 1600. The zero-order valence-electron chi connectivity index (χ0n) is 22.0. The molecule has 42 heavy (non-hydrogen) atoms. The van der Waals surface area contributed by atoms with Gasteiger partial charge in [0, 0.05) is 42.3 Å². The number of carbonyl (C=O) groups excluding carboxylic acids is 2. The minimum absolute atomic E-state index is 0.241. The molecule has 0 bridgehead atoms. The number of nitrogens with zero attached hydrogens (tertiary/aromatic N) is 7. The van der Waals surface area contributed by atoms with Gasteiger partial charge in [-0.05, 0) is 36.4 Å². The Labute approximate surface area is 238 Å². The predicted molar refractivity (Wildman–Crippen MR) is 144 cm³/mol. The van der Waals surface area contributed by atoms with E-state index in [1.807, 2.05) is 0 Å². The van der Waals surface area contributed by atoms with E-state index in [-0.39, 0.29) is 25.1 Å². The van der Waals surface area contributed by atoms with Crippen LogP contribution in [0.4, 0.5) is 14.9 Å². The van der Waals surface area contributed by atoms with Crippen molar-refractivity contribution >= 4 is 23.5 Å². The molecule has 1 fully saturated rings. The Morgan fingerprint density at radius 3 is 2.83 bits per heavy atom. The zero-order valence-corrected chi connectivity index (χ0v) is 22.0. The number of oxime groups is 1. The van der Waals surface area contributed by atoms with Crippen LogP contribution < -0.4 is 4.90 Å². The molecular formula is C28H24FN7O6. The number of pyridine rings is 2. The van der Waals surface area contributed by atoms with Crippen molar-refractivity contribution in [1.82, 2.24) is 25.0 Å². The summed E-state index contributed by atoms with van der Waals surface area (Å²) in [6.45, 7) is 0.317. The maximum atomic E-state index is 15.2. The number of aromatic nitrogens is 5. The highest BCUT2D eigenvalue weighted by molar-refractivity contribution is 6.00. The lowest BCUT2D eigenvalue weighted by Crippen LogP contribution is -2.32. The number of esters is 1. The lowest BCUT2D eigenvalue weighted by atomic mass is 10.0. The molecule has 3 atom stereocenters. The van der Waals surface area contributed by atoms with Crippen molar-refractivity contribution in [2.45, 2.75) is 31.3 Å². The summed E-state index contributed by atoms with van der Waals surface area (Å²) in [4.78, 5) is 39.5. The predicted octanol–water partition coefficient (Wildman–Crippen LogP) is 2.61. The van der Waals surface area contributed by atoms with Gasteiger partial charge in [0.05, 0.1) is 36.2 Å². The molecule has 4 aromatic rings. The van der Waals surface area contributed by atoms with Gasteiger partial charge in [-0.2, -0.15) is 0 Å². The molecule has 14 heteroatoms. The summed E-state index contributed by atoms with van der Waals surface area (Å²) in [5.41, 5.74) is 2.47. The monoisotopic (exact) mass is 573 g/mol. The van der Waals surface area contributed by atoms with E-state index in [0.717, 1.165) is 0 Å². The van der Waals surface area contributed by atoms with Gasteiger partial charge in [0.25, 0.3) is 0 Å². The molecule has 1 amide bonds. The first kappa shape index (κ1) is 27.0. The molecule has 0 radical (unpaired) electrons. The maximum absolute atomic E-state index is 15.2. The van der Waals surface area contributed by atoms with Crippen LogP contribution in [0.2, 0.25) is 0 Å². The topological polar surface area (TPSA) is 154 Å². The first-order chi connectivity index (χ1) is 20.4. The quantitative estimate of drug-likeness (QED) is 0.296. The molecule has 5 heterocycles. The molecule has 13 nitrogen and oxygen atoms in total. The van der Waals surface area contributed by atoms with Gasteiger partial charge in [-0.1, -0.05) is 16.4 Å². The fourth-order valence-corrected chi connectivity index (χ4v) is 4.59. The molecule has 6 rings (SSSR count). The van der Waals surface area contributed by atoms with Gasteiger partial charge in [0.2, 0.25) is 0 Å². The average Bonchev–Trinajstić information content (AvgIpc) is 3.78. The SMILES string of the molecule is O=C(OCC(O)[C@@H]1CC(c2ccc(-c3ccc(N4C[C@H](Cn5ccnn5)OC4=O)cc3F)cn2)=NO1)c1cccnc1. The largest absolute Gasteiger partial charge is 0.459 e. The fraction of sp³-hybridized carbons (Fsp3) is 0.250. The number of aliphatic hydroxyl groups excluding tert-OH is 1. The third-order valence-corrected chi connectivity index (χ3v) is 6.78. The molecule has 1 N–H and O–H groups in total. The Kier molecular flexibility index (Phi) is 7.51. The Morgan fingerprint density at radius 1 is 1.19 bits per heavy atom. The number of amides is 1. The van der Waals surface area contributed by atoms with E-state index < -0.39 is 36.2 Å². The van der Waals surface area contributed by atoms with Crippen LogP contribution >= 0.6 is 0 Å². The van der Waals surface area contributed by atoms with Crippen LogP contribution in [0.25, 0.3) is 11.1 Å². The number of benzene rings is 1. The second-order valence-electron chi connectivity index (χ2n) is 9.63. The molecule has 0 saturated carbocycles. The van der Waals surface area contributed by atoms with Crippen LogP contribution in [0.15, 0.2) is 78.6 Å². The summed E-state index contributed by atoms with van der Waals surface area (Å²) < 4.78 is 27.3. The van der Waals surface area contributed by atoms with Crippen molar-refractivity contribution in [3.8, 4) is 11.1 Å². The minimum atomic E-state index is -1.11. The smallest absolute Gasteiger partial charge is 0.414 e. The molecule has 2 aliphatic heterocycles. The average molecular weight is 574 g/mol. The van der Waals surface area contributed by atoms with Gasteiger partial charge in [-0.25, -0.2) is 18.7 Å². The van der Waals surface area contributed by atoms with Gasteiger partial charge < -0.3 is 19.4 Å². The summed E-state index contributed by atoms with van der Waals surface area (Å²) >= 11 is 0. The van der Waals surface area contributed by atoms with E-state index in [4.69, 9.17) is 14.3 Å². The summed E-state index contributed by atoms with van der Waals surface area (Å²) in [7, 11) is 0. The molecule has 0 spiro atoms. The number of hydrogen-bond acceptors (Lipinski definition) is 11. The van der Waals surface area contributed by atoms with Gasteiger partial charge >= 0.3 is 12.1 Å².